The van der Waals surface area contributed by atoms with E-state index in [1.165, 1.54) is 16.5 Å². The van der Waals surface area contributed by atoms with E-state index in [9.17, 15) is 0 Å². The van der Waals surface area contributed by atoms with E-state index in [2.05, 4.69) is 34.6 Å². The van der Waals surface area contributed by atoms with Gasteiger partial charge < -0.3 is 15.4 Å². The summed E-state index contributed by atoms with van der Waals surface area (Å²) in [5, 5.41) is 13.3. The van der Waals surface area contributed by atoms with Crippen LogP contribution in [0.15, 0.2) is 30.5 Å². The fourth-order valence-electron chi connectivity index (χ4n) is 1.89. The molecule has 0 aliphatic rings. The quantitative estimate of drug-likeness (QED) is 0.650. The molecule has 0 aliphatic carbocycles. The van der Waals surface area contributed by atoms with Crippen LogP contribution in [0.1, 0.15) is 18.4 Å². The number of hydrogen-bond acceptors (Lipinski definition) is 2. The van der Waals surface area contributed by atoms with E-state index < -0.39 is 0 Å². The van der Waals surface area contributed by atoms with Gasteiger partial charge in [0.05, 0.1) is 0 Å². The van der Waals surface area contributed by atoms with Crippen LogP contribution in [-0.2, 0) is 6.54 Å². The van der Waals surface area contributed by atoms with E-state index in [0.29, 0.717) is 0 Å². The maximum Gasteiger partial charge on any atom is 0.0457 e. The van der Waals surface area contributed by atoms with Gasteiger partial charge in [-0.15, -0.1) is 0 Å². The summed E-state index contributed by atoms with van der Waals surface area (Å²) in [5.41, 5.74) is 2.51. The zero-order valence-electron chi connectivity index (χ0n) is 9.37. The molecule has 0 saturated heterocycles. The predicted octanol–water partition coefficient (Wildman–Crippen LogP) is 2.03. The molecule has 0 aliphatic heterocycles. The van der Waals surface area contributed by atoms with Crippen LogP contribution < -0.4 is 5.32 Å². The topological polar surface area (TPSA) is 48.0 Å². The summed E-state index contributed by atoms with van der Waals surface area (Å²) in [6.07, 6.45) is 3.88. The zero-order valence-corrected chi connectivity index (χ0v) is 9.37. The van der Waals surface area contributed by atoms with Crippen LogP contribution in [0.5, 0.6) is 0 Å². The van der Waals surface area contributed by atoms with Crippen molar-refractivity contribution in [3.8, 4) is 0 Å². The van der Waals surface area contributed by atoms with E-state index in [4.69, 9.17) is 5.11 Å². The third kappa shape index (κ3) is 2.62. The van der Waals surface area contributed by atoms with Crippen molar-refractivity contribution in [1.29, 1.82) is 0 Å². The first kappa shape index (κ1) is 11.2. The molecule has 0 unspecified atom stereocenters. The summed E-state index contributed by atoms with van der Waals surface area (Å²) in [5.74, 6) is 0. The van der Waals surface area contributed by atoms with Gasteiger partial charge in [0.15, 0.2) is 0 Å². The van der Waals surface area contributed by atoms with Gasteiger partial charge in [0.1, 0.15) is 0 Å². The van der Waals surface area contributed by atoms with Gasteiger partial charge >= 0.3 is 0 Å². The van der Waals surface area contributed by atoms with Crippen molar-refractivity contribution < 1.29 is 5.11 Å². The molecule has 3 N–H and O–H groups in total. The molecule has 3 nitrogen and oxygen atoms in total. The molecular weight excluding hydrogens is 200 g/mol. The third-order valence-electron chi connectivity index (χ3n) is 2.76. The minimum Gasteiger partial charge on any atom is -0.396 e. The molecule has 0 amide bonds. The van der Waals surface area contributed by atoms with Crippen LogP contribution in [0.3, 0.4) is 0 Å². The van der Waals surface area contributed by atoms with E-state index in [-0.39, 0.29) is 6.61 Å². The number of H-pyrrole nitrogens is 1. The largest absolute Gasteiger partial charge is 0.396 e. The van der Waals surface area contributed by atoms with Crippen molar-refractivity contribution in [1.82, 2.24) is 10.3 Å². The van der Waals surface area contributed by atoms with Crippen molar-refractivity contribution in [3.63, 3.8) is 0 Å². The Balaban J connectivity index is 1.91. The SMILES string of the molecule is OCCCCNCc1cccc2[nH]ccc12. The molecule has 1 heterocycles. The van der Waals surface area contributed by atoms with E-state index >= 15 is 0 Å². The number of fused-ring (bicyclic) bond motifs is 1. The molecule has 2 rings (SSSR count). The van der Waals surface area contributed by atoms with Crippen molar-refractivity contribution in [2.75, 3.05) is 13.2 Å². The molecule has 1 aromatic carbocycles. The molecule has 0 bridgehead atoms. The van der Waals surface area contributed by atoms with Crippen LogP contribution in [0.25, 0.3) is 10.9 Å². The Kier molecular flexibility index (Phi) is 3.97. The van der Waals surface area contributed by atoms with Crippen LogP contribution in [0, 0.1) is 0 Å². The molecule has 2 aromatic rings. The Labute approximate surface area is 95.5 Å². The molecule has 86 valence electrons. The smallest absolute Gasteiger partial charge is 0.0457 e. The lowest BCUT2D eigenvalue weighted by Gasteiger charge is -2.05. The lowest BCUT2D eigenvalue weighted by Crippen LogP contribution is -2.15. The monoisotopic (exact) mass is 218 g/mol. The molecular formula is C13H18N2O. The average molecular weight is 218 g/mol. The van der Waals surface area contributed by atoms with Crippen LogP contribution in [0.2, 0.25) is 0 Å². The number of aliphatic hydroxyl groups excluding tert-OH is 1. The van der Waals surface area contributed by atoms with E-state index in [0.717, 1.165) is 25.9 Å². The second-order valence-electron chi connectivity index (χ2n) is 3.96. The van der Waals surface area contributed by atoms with Crippen LogP contribution in [0.4, 0.5) is 0 Å². The third-order valence-corrected chi connectivity index (χ3v) is 2.76. The summed E-state index contributed by atoms with van der Waals surface area (Å²) in [6.45, 7) is 2.14. The number of benzene rings is 1. The Hall–Kier alpha value is -1.32. The Morgan fingerprint density at radius 3 is 3.00 bits per heavy atom. The summed E-state index contributed by atoms with van der Waals surface area (Å²) in [6, 6.07) is 8.42. The normalized spacial score (nSPS) is 11.1. The van der Waals surface area contributed by atoms with Gasteiger partial charge in [-0.1, -0.05) is 12.1 Å². The Bertz CT molecular complexity index is 436. The van der Waals surface area contributed by atoms with Crippen LogP contribution >= 0.6 is 0 Å². The number of rotatable bonds is 6. The predicted molar refractivity (Wildman–Crippen MR) is 66.3 cm³/mol. The summed E-state index contributed by atoms with van der Waals surface area (Å²) >= 11 is 0. The standard InChI is InChI=1S/C13H18N2O/c16-9-2-1-7-14-10-11-4-3-5-13-12(11)6-8-15-13/h3-6,8,14-16H,1-2,7,9-10H2. The van der Waals surface area contributed by atoms with Gasteiger partial charge in [0, 0.05) is 30.3 Å². The second kappa shape index (κ2) is 5.68. The Morgan fingerprint density at radius 2 is 2.12 bits per heavy atom. The van der Waals surface area contributed by atoms with Crippen molar-refractivity contribution >= 4 is 10.9 Å². The fourth-order valence-corrected chi connectivity index (χ4v) is 1.89. The van der Waals surface area contributed by atoms with Crippen molar-refractivity contribution in [2.45, 2.75) is 19.4 Å². The average Bonchev–Trinajstić information content (AvgIpc) is 2.77. The Morgan fingerprint density at radius 1 is 1.19 bits per heavy atom. The van der Waals surface area contributed by atoms with E-state index in [1.54, 1.807) is 0 Å². The van der Waals surface area contributed by atoms with Gasteiger partial charge in [-0.3, -0.25) is 0 Å². The molecule has 0 spiro atoms. The number of hydrogen-bond donors (Lipinski definition) is 3. The number of aromatic amines is 1. The first-order valence-electron chi connectivity index (χ1n) is 5.78. The lowest BCUT2D eigenvalue weighted by atomic mass is 10.1. The van der Waals surface area contributed by atoms with E-state index in [1.807, 2.05) is 6.20 Å². The lowest BCUT2D eigenvalue weighted by molar-refractivity contribution is 0.283. The number of nitrogens with one attached hydrogen (secondary N) is 2. The zero-order chi connectivity index (χ0) is 11.2. The van der Waals surface area contributed by atoms with Gasteiger partial charge in [-0.25, -0.2) is 0 Å². The van der Waals surface area contributed by atoms with Crippen molar-refractivity contribution in [2.24, 2.45) is 0 Å². The molecule has 0 radical (unpaired) electrons. The molecule has 1 aromatic heterocycles. The highest BCUT2D eigenvalue weighted by molar-refractivity contribution is 5.82. The van der Waals surface area contributed by atoms with Crippen LogP contribution in [-0.4, -0.2) is 23.2 Å². The first-order chi connectivity index (χ1) is 7.92. The van der Waals surface area contributed by atoms with Gasteiger partial charge in [-0.2, -0.15) is 0 Å². The number of aromatic nitrogens is 1. The van der Waals surface area contributed by atoms with Gasteiger partial charge in [0.25, 0.3) is 0 Å². The van der Waals surface area contributed by atoms with Crippen molar-refractivity contribution in [3.05, 3.63) is 36.0 Å². The summed E-state index contributed by atoms with van der Waals surface area (Å²) in [7, 11) is 0. The molecule has 0 atom stereocenters. The highest BCUT2D eigenvalue weighted by Crippen LogP contribution is 2.16. The highest BCUT2D eigenvalue weighted by Gasteiger charge is 2.00. The maximum atomic E-state index is 8.66. The molecule has 0 fully saturated rings. The molecule has 0 saturated carbocycles. The van der Waals surface area contributed by atoms with Gasteiger partial charge in [-0.05, 0) is 37.1 Å². The summed E-state index contributed by atoms with van der Waals surface area (Å²) < 4.78 is 0. The first-order valence-corrected chi connectivity index (χ1v) is 5.78. The minimum atomic E-state index is 0.287. The second-order valence-corrected chi connectivity index (χ2v) is 3.96. The molecule has 16 heavy (non-hydrogen) atoms. The maximum absolute atomic E-state index is 8.66. The molecule has 3 heteroatoms. The highest BCUT2D eigenvalue weighted by atomic mass is 16.2. The number of unbranched alkanes of at least 4 members (excludes halogenated alkanes) is 1. The fraction of sp³-hybridized carbons (Fsp3) is 0.385. The number of aliphatic hydroxyl groups is 1. The van der Waals surface area contributed by atoms with Gasteiger partial charge in [0.2, 0.25) is 0 Å². The summed E-state index contributed by atoms with van der Waals surface area (Å²) in [4.78, 5) is 3.21. The minimum absolute atomic E-state index is 0.287.